The minimum atomic E-state index is -2.94. The van der Waals surface area contributed by atoms with Gasteiger partial charge < -0.3 is 14.8 Å². The molecule has 1 amide bonds. The Kier molecular flexibility index (Phi) is 5.53. The van der Waals surface area contributed by atoms with Crippen molar-refractivity contribution >= 4 is 21.8 Å². The number of amides is 1. The van der Waals surface area contributed by atoms with E-state index in [1.807, 2.05) is 26.0 Å². The molecule has 0 unspecified atom stereocenters. The highest BCUT2D eigenvalue weighted by Crippen LogP contribution is 2.36. The van der Waals surface area contributed by atoms with Crippen molar-refractivity contribution in [3.63, 3.8) is 0 Å². The first kappa shape index (κ1) is 19.8. The topological polar surface area (TPSA) is 47.6 Å². The Morgan fingerprint density at radius 1 is 1.26 bits per heavy atom. The van der Waals surface area contributed by atoms with Crippen molar-refractivity contribution in [2.24, 2.45) is 0 Å². The largest absolute Gasteiger partial charge is 0.434 e. The van der Waals surface area contributed by atoms with E-state index in [1.165, 1.54) is 6.07 Å². The summed E-state index contributed by atoms with van der Waals surface area (Å²) in [6, 6.07) is 9.75. The van der Waals surface area contributed by atoms with Crippen LogP contribution in [0.3, 0.4) is 0 Å². The second kappa shape index (κ2) is 7.56. The summed E-state index contributed by atoms with van der Waals surface area (Å²) in [5.41, 5.74) is 2.64. The van der Waals surface area contributed by atoms with Crippen LogP contribution in [0.25, 0.3) is 0 Å². The lowest BCUT2D eigenvalue weighted by Crippen LogP contribution is -2.27. The summed E-state index contributed by atoms with van der Waals surface area (Å²) in [7, 11) is 0. The van der Waals surface area contributed by atoms with Crippen molar-refractivity contribution in [3.8, 4) is 5.75 Å². The van der Waals surface area contributed by atoms with Crippen molar-refractivity contribution in [2.75, 3.05) is 0 Å². The summed E-state index contributed by atoms with van der Waals surface area (Å²) < 4.78 is 36.3. The number of rotatable bonds is 5. The lowest BCUT2D eigenvalue weighted by molar-refractivity contribution is -0.0506. The number of halogens is 3. The molecule has 1 aliphatic heterocycles. The number of hydrogen-bond acceptors (Lipinski definition) is 3. The Morgan fingerprint density at radius 3 is 2.70 bits per heavy atom. The number of alkyl halides is 2. The molecule has 0 saturated carbocycles. The van der Waals surface area contributed by atoms with E-state index in [1.54, 1.807) is 25.1 Å². The molecule has 1 atom stereocenters. The van der Waals surface area contributed by atoms with E-state index in [-0.39, 0.29) is 17.3 Å². The van der Waals surface area contributed by atoms with Crippen molar-refractivity contribution in [1.82, 2.24) is 5.32 Å². The summed E-state index contributed by atoms with van der Waals surface area (Å²) in [6.45, 7) is 3.20. The third-order valence-electron chi connectivity index (χ3n) is 4.61. The van der Waals surface area contributed by atoms with Crippen LogP contribution in [0, 0.1) is 0 Å². The Labute approximate surface area is 165 Å². The van der Waals surface area contributed by atoms with Gasteiger partial charge >= 0.3 is 6.61 Å². The fraction of sp³-hybridized carbons (Fsp3) is 0.350. The molecule has 2 aromatic rings. The van der Waals surface area contributed by atoms with E-state index in [0.717, 1.165) is 11.1 Å². The van der Waals surface area contributed by atoms with Gasteiger partial charge in [0, 0.05) is 15.6 Å². The maximum Gasteiger partial charge on any atom is 0.387 e. The molecule has 144 valence electrons. The van der Waals surface area contributed by atoms with Crippen molar-refractivity contribution < 1.29 is 23.0 Å². The van der Waals surface area contributed by atoms with Crippen LogP contribution in [0.1, 0.15) is 53.9 Å². The highest BCUT2D eigenvalue weighted by Gasteiger charge is 2.31. The normalized spacial score (nSPS) is 16.1. The Balaban J connectivity index is 1.79. The molecule has 0 bridgehead atoms. The fourth-order valence-electron chi connectivity index (χ4n) is 3.20. The van der Waals surface area contributed by atoms with E-state index in [2.05, 4.69) is 26.0 Å². The predicted molar refractivity (Wildman–Crippen MR) is 101 cm³/mol. The van der Waals surface area contributed by atoms with Crippen LogP contribution in [0.5, 0.6) is 5.75 Å². The maximum atomic E-state index is 12.7. The molecule has 0 radical (unpaired) electrons. The Hall–Kier alpha value is -1.99. The van der Waals surface area contributed by atoms with Crippen LogP contribution in [-0.4, -0.2) is 12.5 Å². The molecule has 27 heavy (non-hydrogen) atoms. The second-order valence-corrected chi connectivity index (χ2v) is 7.84. The third kappa shape index (κ3) is 4.30. The zero-order chi connectivity index (χ0) is 19.8. The lowest BCUT2D eigenvalue weighted by Gasteiger charge is -2.19. The zero-order valence-corrected chi connectivity index (χ0v) is 16.8. The van der Waals surface area contributed by atoms with Crippen LogP contribution in [-0.2, 0) is 16.9 Å². The average molecular weight is 440 g/mol. The first-order chi connectivity index (χ1) is 12.7. The summed E-state index contributed by atoms with van der Waals surface area (Å²) >= 11 is 3.24. The summed E-state index contributed by atoms with van der Waals surface area (Å²) in [4.78, 5) is 12.6. The Bertz CT molecular complexity index is 870. The molecule has 0 fully saturated rings. The van der Waals surface area contributed by atoms with Gasteiger partial charge in [0.25, 0.3) is 5.91 Å². The summed E-state index contributed by atoms with van der Waals surface area (Å²) in [5.74, 6) is -0.266. The van der Waals surface area contributed by atoms with Crippen LogP contribution in [0.15, 0.2) is 40.9 Å². The monoisotopic (exact) mass is 439 g/mol. The minimum absolute atomic E-state index is 0.0243. The quantitative estimate of drug-likeness (QED) is 0.686. The van der Waals surface area contributed by atoms with Gasteiger partial charge in [0.15, 0.2) is 0 Å². The van der Waals surface area contributed by atoms with Gasteiger partial charge in [-0.15, -0.1) is 0 Å². The number of benzene rings is 2. The summed E-state index contributed by atoms with van der Waals surface area (Å²) in [5, 5.41) is 2.84. The molecule has 0 aromatic heterocycles. The van der Waals surface area contributed by atoms with Gasteiger partial charge in [-0.05, 0) is 56.2 Å². The second-order valence-electron chi connectivity index (χ2n) is 6.93. The third-order valence-corrected chi connectivity index (χ3v) is 5.10. The van der Waals surface area contributed by atoms with E-state index >= 15 is 0 Å². The molecule has 0 aliphatic carbocycles. The number of carbonyl (C=O) groups is 1. The number of ether oxygens (including phenoxy) is 2. The van der Waals surface area contributed by atoms with Crippen LogP contribution in [0.4, 0.5) is 8.78 Å². The molecule has 2 aromatic carbocycles. The standard InChI is InChI=1S/C20H20BrF2NO3/c1-11(15-6-5-14(21)9-17(15)27-19(22)23)24-18(25)12-4-7-16-13(8-12)10-26-20(16,2)3/h4-9,11,19H,10H2,1-3H3,(H,24,25)/t11-/m0/s1. The van der Waals surface area contributed by atoms with Crippen LogP contribution < -0.4 is 10.1 Å². The number of fused-ring (bicyclic) bond motifs is 1. The lowest BCUT2D eigenvalue weighted by atomic mass is 9.94. The minimum Gasteiger partial charge on any atom is -0.434 e. The Morgan fingerprint density at radius 2 is 2.00 bits per heavy atom. The SMILES string of the molecule is C[C@H](NC(=O)c1ccc2c(c1)COC2(C)C)c1ccc(Br)cc1OC(F)F. The molecular weight excluding hydrogens is 420 g/mol. The smallest absolute Gasteiger partial charge is 0.387 e. The number of carbonyl (C=O) groups excluding carboxylic acids is 1. The first-order valence-electron chi connectivity index (χ1n) is 8.50. The summed E-state index contributed by atoms with van der Waals surface area (Å²) in [6.07, 6.45) is 0. The molecule has 1 aliphatic rings. The first-order valence-corrected chi connectivity index (χ1v) is 9.29. The van der Waals surface area contributed by atoms with Crippen molar-refractivity contribution in [1.29, 1.82) is 0 Å². The zero-order valence-electron chi connectivity index (χ0n) is 15.2. The van der Waals surface area contributed by atoms with Crippen LogP contribution in [0.2, 0.25) is 0 Å². The molecule has 1 heterocycles. The number of nitrogens with one attached hydrogen (secondary N) is 1. The van der Waals surface area contributed by atoms with E-state index in [0.29, 0.717) is 22.2 Å². The molecule has 0 saturated heterocycles. The van der Waals surface area contributed by atoms with Gasteiger partial charge in [-0.3, -0.25) is 4.79 Å². The molecule has 1 N–H and O–H groups in total. The molecular formula is C20H20BrF2NO3. The van der Waals surface area contributed by atoms with Crippen LogP contribution >= 0.6 is 15.9 Å². The van der Waals surface area contributed by atoms with Gasteiger partial charge in [0.1, 0.15) is 5.75 Å². The van der Waals surface area contributed by atoms with Crippen molar-refractivity contribution in [3.05, 3.63) is 63.1 Å². The highest BCUT2D eigenvalue weighted by atomic mass is 79.9. The van der Waals surface area contributed by atoms with Gasteiger partial charge in [-0.25, -0.2) is 0 Å². The number of hydrogen-bond donors (Lipinski definition) is 1. The van der Waals surface area contributed by atoms with Gasteiger partial charge in [-0.1, -0.05) is 28.1 Å². The van der Waals surface area contributed by atoms with E-state index in [4.69, 9.17) is 4.74 Å². The predicted octanol–water partition coefficient (Wildman–Crippen LogP) is 5.31. The molecule has 7 heteroatoms. The van der Waals surface area contributed by atoms with E-state index < -0.39 is 12.7 Å². The maximum absolute atomic E-state index is 12.7. The molecule has 4 nitrogen and oxygen atoms in total. The van der Waals surface area contributed by atoms with E-state index in [9.17, 15) is 13.6 Å². The van der Waals surface area contributed by atoms with Gasteiger partial charge in [0.05, 0.1) is 18.2 Å². The van der Waals surface area contributed by atoms with Gasteiger partial charge in [-0.2, -0.15) is 8.78 Å². The molecule has 3 rings (SSSR count). The molecule has 0 spiro atoms. The fourth-order valence-corrected chi connectivity index (χ4v) is 3.54. The van der Waals surface area contributed by atoms with Gasteiger partial charge in [0.2, 0.25) is 0 Å². The van der Waals surface area contributed by atoms with Crippen molar-refractivity contribution in [2.45, 2.75) is 45.6 Å². The average Bonchev–Trinajstić information content (AvgIpc) is 2.89. The highest BCUT2D eigenvalue weighted by molar-refractivity contribution is 9.10.